The summed E-state index contributed by atoms with van der Waals surface area (Å²) in [5.41, 5.74) is 1.50. The standard InChI is InChI=1S/C18H13ClF2/c1-11-9-15(17(21)10-16(11)20)18(19)14-8-4-6-12-5-2-3-7-13(12)14/h2-10,18H,1H3. The molecule has 0 aliphatic rings. The number of hydrogen-bond donors (Lipinski definition) is 0. The molecule has 0 fully saturated rings. The van der Waals surface area contributed by atoms with Gasteiger partial charge in [0.2, 0.25) is 0 Å². The van der Waals surface area contributed by atoms with E-state index in [-0.39, 0.29) is 0 Å². The molecule has 0 saturated carbocycles. The van der Waals surface area contributed by atoms with E-state index in [0.717, 1.165) is 22.4 Å². The molecule has 0 heterocycles. The average Bonchev–Trinajstić information content (AvgIpc) is 2.49. The van der Waals surface area contributed by atoms with Crippen molar-refractivity contribution in [2.24, 2.45) is 0 Å². The van der Waals surface area contributed by atoms with Crippen molar-refractivity contribution < 1.29 is 8.78 Å². The zero-order valence-electron chi connectivity index (χ0n) is 11.4. The summed E-state index contributed by atoms with van der Waals surface area (Å²) in [5.74, 6) is -1.18. The Bertz CT molecular complexity index is 806. The van der Waals surface area contributed by atoms with Crippen LogP contribution in [0, 0.1) is 18.6 Å². The van der Waals surface area contributed by atoms with E-state index in [4.69, 9.17) is 11.6 Å². The Morgan fingerprint density at radius 2 is 1.57 bits per heavy atom. The molecular weight excluding hydrogens is 290 g/mol. The van der Waals surface area contributed by atoms with Gasteiger partial charge in [0, 0.05) is 11.6 Å². The average molecular weight is 303 g/mol. The third kappa shape index (κ3) is 2.52. The van der Waals surface area contributed by atoms with E-state index in [1.54, 1.807) is 6.92 Å². The van der Waals surface area contributed by atoms with Crippen LogP contribution in [0.3, 0.4) is 0 Å². The summed E-state index contributed by atoms with van der Waals surface area (Å²) >= 11 is 6.48. The van der Waals surface area contributed by atoms with Crippen LogP contribution in [0.15, 0.2) is 54.6 Å². The fourth-order valence-corrected chi connectivity index (χ4v) is 2.87. The van der Waals surface area contributed by atoms with Gasteiger partial charge in [-0.3, -0.25) is 0 Å². The van der Waals surface area contributed by atoms with Crippen molar-refractivity contribution in [3.05, 3.63) is 82.9 Å². The van der Waals surface area contributed by atoms with E-state index in [2.05, 4.69) is 0 Å². The maximum Gasteiger partial charge on any atom is 0.131 e. The van der Waals surface area contributed by atoms with E-state index in [0.29, 0.717) is 11.1 Å². The molecule has 1 atom stereocenters. The molecule has 3 heteroatoms. The second kappa shape index (κ2) is 5.45. The summed E-state index contributed by atoms with van der Waals surface area (Å²) in [7, 11) is 0. The molecule has 3 aromatic rings. The number of halogens is 3. The summed E-state index contributed by atoms with van der Waals surface area (Å²) in [6.45, 7) is 1.60. The van der Waals surface area contributed by atoms with Gasteiger partial charge in [-0.25, -0.2) is 8.78 Å². The second-order valence-electron chi connectivity index (χ2n) is 5.05. The lowest BCUT2D eigenvalue weighted by Crippen LogP contribution is -2.00. The molecule has 0 nitrogen and oxygen atoms in total. The molecule has 3 aromatic carbocycles. The number of fused-ring (bicyclic) bond motifs is 1. The molecule has 21 heavy (non-hydrogen) atoms. The van der Waals surface area contributed by atoms with Crippen LogP contribution in [0.25, 0.3) is 10.8 Å². The molecule has 0 amide bonds. The monoisotopic (exact) mass is 302 g/mol. The number of hydrogen-bond acceptors (Lipinski definition) is 0. The van der Waals surface area contributed by atoms with Crippen molar-refractivity contribution in [1.29, 1.82) is 0 Å². The van der Waals surface area contributed by atoms with Crippen LogP contribution < -0.4 is 0 Å². The van der Waals surface area contributed by atoms with Crippen LogP contribution in [-0.4, -0.2) is 0 Å². The van der Waals surface area contributed by atoms with Gasteiger partial charge < -0.3 is 0 Å². The molecule has 0 radical (unpaired) electrons. The summed E-state index contributed by atoms with van der Waals surface area (Å²) in [4.78, 5) is 0. The highest BCUT2D eigenvalue weighted by atomic mass is 35.5. The minimum atomic E-state index is -0.657. The van der Waals surface area contributed by atoms with Crippen LogP contribution in [0.5, 0.6) is 0 Å². The zero-order chi connectivity index (χ0) is 15.0. The Morgan fingerprint density at radius 1 is 0.857 bits per heavy atom. The molecule has 0 spiro atoms. The Hall–Kier alpha value is -1.93. The van der Waals surface area contributed by atoms with E-state index in [1.165, 1.54) is 6.07 Å². The summed E-state index contributed by atoms with van der Waals surface area (Å²) in [5, 5.41) is 1.36. The molecule has 1 unspecified atom stereocenters. The van der Waals surface area contributed by atoms with Crippen LogP contribution in [0.1, 0.15) is 22.1 Å². The van der Waals surface area contributed by atoms with Gasteiger partial charge in [-0.15, -0.1) is 11.6 Å². The van der Waals surface area contributed by atoms with E-state index >= 15 is 0 Å². The first-order valence-electron chi connectivity index (χ1n) is 6.65. The zero-order valence-corrected chi connectivity index (χ0v) is 12.2. The van der Waals surface area contributed by atoms with Crippen molar-refractivity contribution in [2.75, 3.05) is 0 Å². The first-order valence-corrected chi connectivity index (χ1v) is 7.09. The molecular formula is C18H13ClF2. The first-order chi connectivity index (χ1) is 10.1. The molecule has 3 rings (SSSR count). The quantitative estimate of drug-likeness (QED) is 0.528. The smallest absolute Gasteiger partial charge is 0.131 e. The largest absolute Gasteiger partial charge is 0.207 e. The van der Waals surface area contributed by atoms with Gasteiger partial charge >= 0.3 is 0 Å². The third-order valence-corrected chi connectivity index (χ3v) is 4.12. The summed E-state index contributed by atoms with van der Waals surface area (Å²) in [6.07, 6.45) is 0. The van der Waals surface area contributed by atoms with Gasteiger partial charge in [0.1, 0.15) is 11.6 Å². The Balaban J connectivity index is 2.17. The Labute approximate surface area is 127 Å². The van der Waals surface area contributed by atoms with Gasteiger partial charge in [0.05, 0.1) is 5.38 Å². The second-order valence-corrected chi connectivity index (χ2v) is 5.49. The number of rotatable bonds is 2. The number of alkyl halides is 1. The lowest BCUT2D eigenvalue weighted by atomic mass is 9.96. The fourth-order valence-electron chi connectivity index (χ4n) is 2.51. The molecule has 0 aliphatic carbocycles. The SMILES string of the molecule is Cc1cc(C(Cl)c2cccc3ccccc23)c(F)cc1F. The van der Waals surface area contributed by atoms with E-state index in [9.17, 15) is 8.78 Å². The molecule has 0 N–H and O–H groups in total. The fraction of sp³-hybridized carbons (Fsp3) is 0.111. The highest BCUT2D eigenvalue weighted by Gasteiger charge is 2.19. The molecule has 106 valence electrons. The minimum absolute atomic E-state index is 0.298. The van der Waals surface area contributed by atoms with Crippen molar-refractivity contribution in [1.82, 2.24) is 0 Å². The van der Waals surface area contributed by atoms with Crippen molar-refractivity contribution in [3.8, 4) is 0 Å². The maximum atomic E-state index is 14.0. The first kappa shape index (κ1) is 14.0. The lowest BCUT2D eigenvalue weighted by molar-refractivity contribution is 0.568. The highest BCUT2D eigenvalue weighted by molar-refractivity contribution is 6.23. The van der Waals surface area contributed by atoms with Gasteiger partial charge in [-0.05, 0) is 34.9 Å². The lowest BCUT2D eigenvalue weighted by Gasteiger charge is -2.15. The van der Waals surface area contributed by atoms with E-state index < -0.39 is 17.0 Å². The van der Waals surface area contributed by atoms with Gasteiger partial charge in [-0.2, -0.15) is 0 Å². The Kier molecular flexibility index (Phi) is 3.64. The third-order valence-electron chi connectivity index (χ3n) is 3.65. The van der Waals surface area contributed by atoms with Crippen molar-refractivity contribution in [3.63, 3.8) is 0 Å². The van der Waals surface area contributed by atoms with E-state index in [1.807, 2.05) is 42.5 Å². The van der Waals surface area contributed by atoms with Crippen LogP contribution in [0.2, 0.25) is 0 Å². The van der Waals surface area contributed by atoms with Crippen LogP contribution in [-0.2, 0) is 0 Å². The molecule has 0 aliphatic heterocycles. The van der Waals surface area contributed by atoms with Gasteiger partial charge in [0.25, 0.3) is 0 Å². The van der Waals surface area contributed by atoms with Gasteiger partial charge in [0.15, 0.2) is 0 Å². The number of benzene rings is 3. The summed E-state index contributed by atoms with van der Waals surface area (Å²) < 4.78 is 27.4. The molecule has 0 aromatic heterocycles. The topological polar surface area (TPSA) is 0 Å². The summed E-state index contributed by atoms with van der Waals surface area (Å²) in [6, 6.07) is 15.9. The highest BCUT2D eigenvalue weighted by Crippen LogP contribution is 2.35. The number of aryl methyl sites for hydroxylation is 1. The minimum Gasteiger partial charge on any atom is -0.207 e. The Morgan fingerprint density at radius 3 is 2.38 bits per heavy atom. The molecule has 0 bridgehead atoms. The molecule has 0 saturated heterocycles. The normalized spacial score (nSPS) is 12.6. The van der Waals surface area contributed by atoms with Crippen molar-refractivity contribution >= 4 is 22.4 Å². The maximum absolute atomic E-state index is 14.0. The predicted molar refractivity (Wildman–Crippen MR) is 82.7 cm³/mol. The van der Waals surface area contributed by atoms with Crippen LogP contribution in [0.4, 0.5) is 8.78 Å². The predicted octanol–water partition coefficient (Wildman–Crippen LogP) is 5.75. The van der Waals surface area contributed by atoms with Crippen LogP contribution >= 0.6 is 11.6 Å². The van der Waals surface area contributed by atoms with Gasteiger partial charge in [-0.1, -0.05) is 42.5 Å². The van der Waals surface area contributed by atoms with Crippen molar-refractivity contribution in [2.45, 2.75) is 12.3 Å².